The predicted octanol–water partition coefficient (Wildman–Crippen LogP) is 4.32. The fourth-order valence-corrected chi connectivity index (χ4v) is 3.46. The van der Waals surface area contributed by atoms with Crippen molar-refractivity contribution in [1.82, 2.24) is 14.9 Å². The number of nitrogens with zero attached hydrogens (tertiary/aromatic N) is 4. The molecule has 0 saturated carbocycles. The minimum absolute atomic E-state index is 0.0763. The Morgan fingerprint density at radius 3 is 2.88 bits per heavy atom. The highest BCUT2D eigenvalue weighted by Gasteiger charge is 2.09. The van der Waals surface area contributed by atoms with E-state index in [-0.39, 0.29) is 5.75 Å². The molecule has 8 heteroatoms. The van der Waals surface area contributed by atoms with Gasteiger partial charge in [0.15, 0.2) is 11.5 Å². The second-order valence-corrected chi connectivity index (χ2v) is 7.06. The molecule has 0 unspecified atom stereocenters. The maximum atomic E-state index is 9.98. The summed E-state index contributed by atoms with van der Waals surface area (Å²) in [4.78, 5) is 0. The van der Waals surface area contributed by atoms with Crippen LogP contribution in [0, 0.1) is 0 Å². The third-order valence-corrected chi connectivity index (χ3v) is 5.00. The molecular formula is C18H17BrN4O2S. The van der Waals surface area contributed by atoms with Gasteiger partial charge in [-0.1, -0.05) is 42.1 Å². The Morgan fingerprint density at radius 1 is 1.31 bits per heavy atom. The summed E-state index contributed by atoms with van der Waals surface area (Å²) in [7, 11) is 0. The number of rotatable bonds is 7. The van der Waals surface area contributed by atoms with E-state index in [9.17, 15) is 5.11 Å². The average molecular weight is 433 g/mol. The van der Waals surface area contributed by atoms with Crippen LogP contribution in [0.5, 0.6) is 11.5 Å². The number of thioether (sulfide) groups is 1. The minimum Gasteiger partial charge on any atom is -0.503 e. The van der Waals surface area contributed by atoms with E-state index in [1.54, 1.807) is 41.1 Å². The number of ether oxygens (including phenoxy) is 1. The lowest BCUT2D eigenvalue weighted by Gasteiger charge is -2.08. The van der Waals surface area contributed by atoms with Crippen LogP contribution in [0.2, 0.25) is 0 Å². The molecule has 3 aromatic rings. The van der Waals surface area contributed by atoms with Crippen molar-refractivity contribution < 1.29 is 9.84 Å². The number of phenols is 1. The molecule has 0 spiro atoms. The molecule has 1 heterocycles. The van der Waals surface area contributed by atoms with Gasteiger partial charge in [0.2, 0.25) is 5.16 Å². The molecule has 134 valence electrons. The summed E-state index contributed by atoms with van der Waals surface area (Å²) in [5, 5.41) is 23.1. The van der Waals surface area contributed by atoms with E-state index < -0.39 is 0 Å². The van der Waals surface area contributed by atoms with Crippen LogP contribution in [-0.2, 0) is 5.75 Å². The van der Waals surface area contributed by atoms with Gasteiger partial charge in [-0.15, -0.1) is 10.2 Å². The molecule has 0 radical (unpaired) electrons. The SMILES string of the molecule is CCOc1cc(C=Nn2cnnc2SCc2ccccc2)cc(Br)c1O. The quantitative estimate of drug-likeness (QED) is 0.444. The Kier molecular flexibility index (Phi) is 6.30. The molecule has 2 aromatic carbocycles. The van der Waals surface area contributed by atoms with Crippen LogP contribution < -0.4 is 4.74 Å². The Bertz CT molecular complexity index is 899. The van der Waals surface area contributed by atoms with Crippen molar-refractivity contribution in [2.45, 2.75) is 17.8 Å². The number of hydrogen-bond acceptors (Lipinski definition) is 6. The van der Waals surface area contributed by atoms with Crippen LogP contribution >= 0.6 is 27.7 Å². The lowest BCUT2D eigenvalue weighted by atomic mass is 10.2. The van der Waals surface area contributed by atoms with Crippen LogP contribution in [0.25, 0.3) is 0 Å². The van der Waals surface area contributed by atoms with Gasteiger partial charge >= 0.3 is 0 Å². The van der Waals surface area contributed by atoms with Crippen LogP contribution in [0.4, 0.5) is 0 Å². The van der Waals surface area contributed by atoms with E-state index in [1.807, 2.05) is 25.1 Å². The van der Waals surface area contributed by atoms with Gasteiger partial charge in [0.1, 0.15) is 6.33 Å². The first-order chi connectivity index (χ1) is 12.7. The van der Waals surface area contributed by atoms with Gasteiger partial charge in [-0.05, 0) is 46.1 Å². The summed E-state index contributed by atoms with van der Waals surface area (Å²) in [5.74, 6) is 1.27. The second-order valence-electron chi connectivity index (χ2n) is 5.26. The van der Waals surface area contributed by atoms with Gasteiger partial charge in [0, 0.05) is 5.75 Å². The number of benzene rings is 2. The topological polar surface area (TPSA) is 72.5 Å². The minimum atomic E-state index is 0.0763. The Labute approximate surface area is 164 Å². The van der Waals surface area contributed by atoms with Crippen molar-refractivity contribution in [3.8, 4) is 11.5 Å². The lowest BCUT2D eigenvalue weighted by molar-refractivity contribution is 0.317. The molecule has 0 fully saturated rings. The second kappa shape index (κ2) is 8.86. The fourth-order valence-electron chi connectivity index (χ4n) is 2.18. The normalized spacial score (nSPS) is 11.2. The van der Waals surface area contributed by atoms with E-state index >= 15 is 0 Å². The number of aromatic hydroxyl groups is 1. The lowest BCUT2D eigenvalue weighted by Crippen LogP contribution is -1.96. The Morgan fingerprint density at radius 2 is 2.12 bits per heavy atom. The molecule has 0 amide bonds. The fraction of sp³-hybridized carbons (Fsp3) is 0.167. The highest BCUT2D eigenvalue weighted by Crippen LogP contribution is 2.35. The zero-order valence-corrected chi connectivity index (χ0v) is 16.4. The summed E-state index contributed by atoms with van der Waals surface area (Å²) in [6, 6.07) is 13.7. The summed E-state index contributed by atoms with van der Waals surface area (Å²) in [5.41, 5.74) is 1.99. The molecule has 1 aromatic heterocycles. The molecule has 26 heavy (non-hydrogen) atoms. The first-order valence-electron chi connectivity index (χ1n) is 7.93. The van der Waals surface area contributed by atoms with Crippen molar-refractivity contribution in [3.05, 3.63) is 64.4 Å². The predicted molar refractivity (Wildman–Crippen MR) is 106 cm³/mol. The summed E-state index contributed by atoms with van der Waals surface area (Å²) < 4.78 is 7.60. The van der Waals surface area contributed by atoms with Gasteiger partial charge in [0.25, 0.3) is 0 Å². The third kappa shape index (κ3) is 4.64. The summed E-state index contributed by atoms with van der Waals surface area (Å²) in [6.07, 6.45) is 3.23. The molecule has 1 N–H and O–H groups in total. The monoisotopic (exact) mass is 432 g/mol. The summed E-state index contributed by atoms with van der Waals surface area (Å²) >= 11 is 4.88. The van der Waals surface area contributed by atoms with Crippen molar-refractivity contribution in [2.75, 3.05) is 6.61 Å². The van der Waals surface area contributed by atoms with Gasteiger partial charge in [0.05, 0.1) is 17.3 Å². The average Bonchev–Trinajstić information content (AvgIpc) is 3.10. The van der Waals surface area contributed by atoms with Crippen molar-refractivity contribution in [1.29, 1.82) is 0 Å². The largest absolute Gasteiger partial charge is 0.503 e. The zero-order valence-electron chi connectivity index (χ0n) is 14.0. The van der Waals surface area contributed by atoms with E-state index in [1.165, 1.54) is 5.56 Å². The highest BCUT2D eigenvalue weighted by molar-refractivity contribution is 9.10. The molecule has 0 bridgehead atoms. The first kappa shape index (κ1) is 18.5. The van der Waals surface area contributed by atoms with Gasteiger partial charge in [-0.25, -0.2) is 0 Å². The highest BCUT2D eigenvalue weighted by atomic mass is 79.9. The third-order valence-electron chi connectivity index (χ3n) is 3.39. The van der Waals surface area contributed by atoms with Gasteiger partial charge in [-0.2, -0.15) is 9.78 Å². The molecule has 3 rings (SSSR count). The smallest absolute Gasteiger partial charge is 0.212 e. The van der Waals surface area contributed by atoms with Crippen molar-refractivity contribution >= 4 is 33.9 Å². The number of hydrogen-bond donors (Lipinski definition) is 1. The molecule has 0 aliphatic carbocycles. The molecule has 0 aliphatic rings. The first-order valence-corrected chi connectivity index (χ1v) is 9.71. The van der Waals surface area contributed by atoms with E-state index in [0.29, 0.717) is 22.0 Å². The molecule has 6 nitrogen and oxygen atoms in total. The maximum absolute atomic E-state index is 9.98. The van der Waals surface area contributed by atoms with Crippen molar-refractivity contribution in [3.63, 3.8) is 0 Å². The van der Waals surface area contributed by atoms with Gasteiger partial charge in [-0.3, -0.25) is 0 Å². The van der Waals surface area contributed by atoms with Gasteiger partial charge < -0.3 is 9.84 Å². The summed E-state index contributed by atoms with van der Waals surface area (Å²) in [6.45, 7) is 2.33. The molecule has 0 saturated heterocycles. The number of phenolic OH excluding ortho intramolecular Hbond substituents is 1. The van der Waals surface area contributed by atoms with Crippen LogP contribution in [0.15, 0.2) is 63.5 Å². The van der Waals surface area contributed by atoms with Crippen LogP contribution in [0.3, 0.4) is 0 Å². The Hall–Kier alpha value is -2.32. The zero-order chi connectivity index (χ0) is 18.4. The number of halogens is 1. The van der Waals surface area contributed by atoms with Crippen LogP contribution in [-0.4, -0.2) is 32.8 Å². The van der Waals surface area contributed by atoms with E-state index in [0.717, 1.165) is 11.3 Å². The van der Waals surface area contributed by atoms with Crippen molar-refractivity contribution in [2.24, 2.45) is 5.10 Å². The standard InChI is InChI=1S/C18H17BrN4O2S/c1-2-25-16-9-14(8-15(19)17(16)24)10-21-23-12-20-22-18(23)26-11-13-6-4-3-5-7-13/h3-10,12,24H,2,11H2,1H3. The van der Waals surface area contributed by atoms with E-state index in [2.05, 4.69) is 43.4 Å². The van der Waals surface area contributed by atoms with Crippen LogP contribution in [0.1, 0.15) is 18.1 Å². The maximum Gasteiger partial charge on any atom is 0.212 e. The molecular weight excluding hydrogens is 416 g/mol. The molecule has 0 aliphatic heterocycles. The molecule has 0 atom stereocenters. The Balaban J connectivity index is 1.74. The number of aromatic nitrogens is 3. The van der Waals surface area contributed by atoms with E-state index in [4.69, 9.17) is 4.74 Å².